The first kappa shape index (κ1) is 23.1. The van der Waals surface area contributed by atoms with E-state index in [1.54, 1.807) is 0 Å². The molecule has 4 aliphatic rings. The number of aryl methyl sites for hydroxylation is 2. The lowest BCUT2D eigenvalue weighted by Crippen LogP contribution is -2.64. The summed E-state index contributed by atoms with van der Waals surface area (Å²) in [7, 11) is 2.14. The molecule has 36 heavy (non-hydrogen) atoms. The first-order valence-corrected chi connectivity index (χ1v) is 13.2. The van der Waals surface area contributed by atoms with E-state index in [2.05, 4.69) is 91.0 Å². The van der Waals surface area contributed by atoms with Crippen LogP contribution in [-0.2, 0) is 9.53 Å². The molecule has 2 N–H and O–H groups in total. The van der Waals surface area contributed by atoms with Crippen molar-refractivity contribution in [1.82, 2.24) is 15.5 Å². The Bertz CT molecular complexity index is 1280. The van der Waals surface area contributed by atoms with Gasteiger partial charge in [-0.25, -0.2) is 0 Å². The Labute approximate surface area is 213 Å². The van der Waals surface area contributed by atoms with Crippen molar-refractivity contribution >= 4 is 12.0 Å². The van der Waals surface area contributed by atoms with Crippen LogP contribution in [0.2, 0.25) is 0 Å². The molecule has 5 heteroatoms. The van der Waals surface area contributed by atoms with Crippen molar-refractivity contribution in [2.75, 3.05) is 20.1 Å². The molecule has 3 aliphatic heterocycles. The molecule has 0 aromatic heterocycles. The van der Waals surface area contributed by atoms with Gasteiger partial charge in [0.15, 0.2) is 0 Å². The summed E-state index contributed by atoms with van der Waals surface area (Å²) in [4.78, 5) is 16.1. The Morgan fingerprint density at radius 2 is 1.58 bits per heavy atom. The molecule has 1 amide bonds. The summed E-state index contributed by atoms with van der Waals surface area (Å²) in [5, 5.41) is 7.07. The van der Waals surface area contributed by atoms with Crippen LogP contribution in [0.25, 0.3) is 6.08 Å². The molecule has 1 aliphatic carbocycles. The number of amides is 1. The zero-order valence-corrected chi connectivity index (χ0v) is 21.5. The van der Waals surface area contributed by atoms with Crippen molar-refractivity contribution in [3.63, 3.8) is 0 Å². The largest absolute Gasteiger partial charge is 0.440 e. The number of ether oxygens (including phenoxy) is 1. The number of nitrogens with one attached hydrogen (secondary N) is 2. The molecule has 1 fully saturated rings. The van der Waals surface area contributed by atoms with Gasteiger partial charge < -0.3 is 15.4 Å². The van der Waals surface area contributed by atoms with E-state index in [0.29, 0.717) is 11.5 Å². The maximum Gasteiger partial charge on any atom is 0.255 e. The lowest BCUT2D eigenvalue weighted by atomic mass is 9.77. The average Bonchev–Trinajstić information content (AvgIpc) is 2.86. The van der Waals surface area contributed by atoms with Gasteiger partial charge in [0.25, 0.3) is 5.91 Å². The Morgan fingerprint density at radius 3 is 2.28 bits per heavy atom. The molecule has 1 spiro atoms. The molecular formula is C31H35N3O2. The van der Waals surface area contributed by atoms with Gasteiger partial charge in [0.1, 0.15) is 11.4 Å². The van der Waals surface area contributed by atoms with E-state index in [-0.39, 0.29) is 11.8 Å². The molecule has 0 saturated heterocycles. The highest BCUT2D eigenvalue weighted by molar-refractivity contribution is 5.98. The van der Waals surface area contributed by atoms with E-state index in [1.165, 1.54) is 17.5 Å². The molecule has 0 bridgehead atoms. The smallest absolute Gasteiger partial charge is 0.255 e. The van der Waals surface area contributed by atoms with Crippen LogP contribution in [0.1, 0.15) is 60.3 Å². The van der Waals surface area contributed by atoms with Crippen LogP contribution in [-0.4, -0.2) is 36.6 Å². The molecule has 1 unspecified atom stereocenters. The fourth-order valence-corrected chi connectivity index (χ4v) is 6.17. The van der Waals surface area contributed by atoms with E-state index in [4.69, 9.17) is 4.74 Å². The minimum Gasteiger partial charge on any atom is -0.440 e. The van der Waals surface area contributed by atoms with Crippen molar-refractivity contribution in [1.29, 1.82) is 0 Å². The summed E-state index contributed by atoms with van der Waals surface area (Å²) in [5.74, 6) is 1.41. The average molecular weight is 482 g/mol. The molecule has 5 nitrogen and oxygen atoms in total. The number of hydrogen-bond acceptors (Lipinski definition) is 4. The molecule has 3 heterocycles. The van der Waals surface area contributed by atoms with Crippen LogP contribution in [0.3, 0.4) is 0 Å². The van der Waals surface area contributed by atoms with E-state index < -0.39 is 5.66 Å². The molecular weight excluding hydrogens is 446 g/mol. The predicted molar refractivity (Wildman–Crippen MR) is 143 cm³/mol. The van der Waals surface area contributed by atoms with Crippen LogP contribution < -0.4 is 10.6 Å². The highest BCUT2D eigenvalue weighted by Crippen LogP contribution is 2.46. The molecule has 1 atom stereocenters. The second-order valence-electron chi connectivity index (χ2n) is 11.0. The molecule has 6 rings (SSSR count). The minimum absolute atomic E-state index is 0.0000608. The minimum atomic E-state index is -0.406. The molecule has 1 saturated carbocycles. The maximum atomic E-state index is 13.8. The number of hydrogen-bond donors (Lipinski definition) is 2. The summed E-state index contributed by atoms with van der Waals surface area (Å²) in [6, 6.07) is 17.2. The van der Waals surface area contributed by atoms with Gasteiger partial charge in [0.05, 0.1) is 5.57 Å². The number of carbonyl (C=O) groups is 1. The highest BCUT2D eigenvalue weighted by atomic mass is 16.5. The lowest BCUT2D eigenvalue weighted by molar-refractivity contribution is -0.122. The van der Waals surface area contributed by atoms with Crippen molar-refractivity contribution < 1.29 is 9.53 Å². The normalized spacial score (nSPS) is 24.7. The SMILES string of the molecule is Cc1ccc(/C=C2/CN(C)CC3=C2OC2=C(C(=O)NC4(CCCCC4)N2)C3c2ccc(C)cc2)cc1. The summed E-state index contributed by atoms with van der Waals surface area (Å²) >= 11 is 0. The number of rotatable bonds is 2. The topological polar surface area (TPSA) is 53.6 Å². The van der Waals surface area contributed by atoms with Crippen LogP contribution in [0.15, 0.2) is 76.9 Å². The van der Waals surface area contributed by atoms with E-state index in [1.807, 2.05) is 0 Å². The Balaban J connectivity index is 1.49. The second-order valence-corrected chi connectivity index (χ2v) is 11.0. The summed E-state index contributed by atoms with van der Waals surface area (Å²) in [6.45, 7) is 5.76. The van der Waals surface area contributed by atoms with Gasteiger partial charge in [-0.2, -0.15) is 0 Å². The third-order valence-electron chi connectivity index (χ3n) is 8.04. The predicted octanol–water partition coefficient (Wildman–Crippen LogP) is 5.29. The zero-order chi connectivity index (χ0) is 24.9. The Hall–Kier alpha value is -3.31. The van der Waals surface area contributed by atoms with Gasteiger partial charge in [-0.3, -0.25) is 9.69 Å². The van der Waals surface area contributed by atoms with Crippen molar-refractivity contribution in [3.8, 4) is 0 Å². The summed E-state index contributed by atoms with van der Waals surface area (Å²) < 4.78 is 6.72. The third kappa shape index (κ3) is 4.16. The van der Waals surface area contributed by atoms with Gasteiger partial charge in [-0.1, -0.05) is 66.1 Å². The number of benzene rings is 2. The van der Waals surface area contributed by atoms with E-state index in [0.717, 1.165) is 66.8 Å². The Morgan fingerprint density at radius 1 is 0.917 bits per heavy atom. The van der Waals surface area contributed by atoms with Crippen molar-refractivity contribution in [2.24, 2.45) is 0 Å². The lowest BCUT2D eigenvalue weighted by Gasteiger charge is -2.47. The summed E-state index contributed by atoms with van der Waals surface area (Å²) in [5.41, 5.74) is 7.35. The summed E-state index contributed by atoms with van der Waals surface area (Å²) in [6.07, 6.45) is 7.51. The number of carbonyl (C=O) groups excluding carboxylic acids is 1. The van der Waals surface area contributed by atoms with Gasteiger partial charge in [0.2, 0.25) is 5.88 Å². The molecule has 2 aromatic rings. The van der Waals surface area contributed by atoms with Gasteiger partial charge in [0, 0.05) is 24.6 Å². The van der Waals surface area contributed by atoms with Crippen molar-refractivity contribution in [3.05, 3.63) is 99.1 Å². The van der Waals surface area contributed by atoms with Crippen LogP contribution >= 0.6 is 0 Å². The van der Waals surface area contributed by atoms with Crippen LogP contribution in [0.5, 0.6) is 0 Å². The second kappa shape index (κ2) is 8.97. The monoisotopic (exact) mass is 481 g/mol. The van der Waals surface area contributed by atoms with Crippen LogP contribution in [0, 0.1) is 13.8 Å². The molecule has 0 radical (unpaired) electrons. The highest BCUT2D eigenvalue weighted by Gasteiger charge is 2.47. The fourth-order valence-electron chi connectivity index (χ4n) is 6.17. The quantitative estimate of drug-likeness (QED) is 0.612. The number of nitrogens with zero attached hydrogens (tertiary/aromatic N) is 1. The van der Waals surface area contributed by atoms with E-state index >= 15 is 0 Å². The molecule has 2 aromatic carbocycles. The molecule has 186 valence electrons. The van der Waals surface area contributed by atoms with Gasteiger partial charge >= 0.3 is 0 Å². The first-order valence-electron chi connectivity index (χ1n) is 13.2. The zero-order valence-electron chi connectivity index (χ0n) is 21.5. The first-order chi connectivity index (χ1) is 17.4. The van der Waals surface area contributed by atoms with Crippen LogP contribution in [0.4, 0.5) is 0 Å². The standard InChI is InChI=1S/C31H35N3O2/c1-20-7-11-22(12-8-20)17-24-18-34(3)19-25-26(23-13-9-21(2)10-14-23)27-29(35)32-31(15-5-4-6-16-31)33-30(27)36-28(24)25/h7-14,17,26,33H,4-6,15-16,18-19H2,1-3H3,(H,32,35)/b24-17-. The van der Waals surface area contributed by atoms with Crippen molar-refractivity contribution in [2.45, 2.75) is 57.5 Å². The van der Waals surface area contributed by atoms with Gasteiger partial charge in [-0.15, -0.1) is 0 Å². The maximum absolute atomic E-state index is 13.8. The third-order valence-corrected chi connectivity index (χ3v) is 8.04. The fraction of sp³-hybridized carbons (Fsp3) is 0.387. The van der Waals surface area contributed by atoms with Gasteiger partial charge in [-0.05, 0) is 69.4 Å². The number of likely N-dealkylation sites (N-methyl/N-ethyl adjacent to an activating group) is 1. The van der Waals surface area contributed by atoms with E-state index in [9.17, 15) is 4.79 Å². The Kier molecular flexibility index (Phi) is 5.76.